The van der Waals surface area contributed by atoms with Crippen LogP contribution in [0.3, 0.4) is 0 Å². The van der Waals surface area contributed by atoms with Gasteiger partial charge in [-0.3, -0.25) is 0 Å². The van der Waals surface area contributed by atoms with Crippen molar-refractivity contribution in [3.8, 4) is 5.75 Å². The van der Waals surface area contributed by atoms with Crippen molar-refractivity contribution in [1.82, 2.24) is 0 Å². The summed E-state index contributed by atoms with van der Waals surface area (Å²) in [6, 6.07) is 36.9. The summed E-state index contributed by atoms with van der Waals surface area (Å²) in [5.41, 5.74) is 10.0. The largest absolute Gasteiger partial charge is 0.493 e. The lowest BCUT2D eigenvalue weighted by molar-refractivity contribution is -0.671. The number of nitrogens with zero attached hydrogens (tertiary/aromatic N) is 4. The Morgan fingerprint density at radius 3 is 1.25 bits per heavy atom. The van der Waals surface area contributed by atoms with E-state index in [0.29, 0.717) is 6.61 Å². The van der Waals surface area contributed by atoms with E-state index in [1.165, 1.54) is 49.7 Å². The zero-order valence-electron chi connectivity index (χ0n) is 33.7. The van der Waals surface area contributed by atoms with Crippen LogP contribution >= 0.6 is 15.9 Å². The molecule has 0 bridgehead atoms. The number of unbranched alkanes of at least 4 members (excludes halogenated alkanes) is 6. The smallest absolute Gasteiger partial charge is 0.169 e. The number of ether oxygens (including phenoxy) is 1. The van der Waals surface area contributed by atoms with E-state index in [1.807, 2.05) is 30.3 Å². The van der Waals surface area contributed by atoms with Crippen molar-refractivity contribution in [1.29, 1.82) is 0 Å². The van der Waals surface area contributed by atoms with E-state index in [2.05, 4.69) is 202 Å². The summed E-state index contributed by atoms with van der Waals surface area (Å²) in [4.78, 5) is 2.32. The molecule has 0 aliphatic rings. The van der Waals surface area contributed by atoms with Crippen molar-refractivity contribution in [2.45, 2.75) is 44.9 Å². The lowest BCUT2D eigenvalue weighted by Crippen LogP contribution is -2.25. The number of rotatable bonds is 19. The van der Waals surface area contributed by atoms with Crippen LogP contribution in [0.2, 0.25) is 0 Å². The van der Waals surface area contributed by atoms with Gasteiger partial charge in [0.05, 0.1) is 6.61 Å². The van der Waals surface area contributed by atoms with Crippen LogP contribution in [-0.2, 0) is 21.1 Å². The van der Waals surface area contributed by atoms with Gasteiger partial charge in [-0.05, 0) is 77.1 Å². The molecule has 0 fully saturated rings. The van der Waals surface area contributed by atoms with Crippen LogP contribution in [0.15, 0.2) is 140 Å². The van der Waals surface area contributed by atoms with Crippen molar-refractivity contribution in [2.75, 3.05) is 16.8 Å². The number of hydrogen-bond acceptors (Lipinski definition) is 2. The van der Waals surface area contributed by atoms with Gasteiger partial charge in [-0.15, -0.1) is 0 Å². The second kappa shape index (κ2) is 21.6. The van der Waals surface area contributed by atoms with Gasteiger partial charge in [0.2, 0.25) is 0 Å². The Morgan fingerprint density at radius 2 is 0.807 bits per heavy atom. The van der Waals surface area contributed by atoms with Gasteiger partial charge in [-0.1, -0.05) is 109 Å². The highest BCUT2D eigenvalue weighted by atomic mass is 79.9. The Labute approximate surface area is 348 Å². The van der Waals surface area contributed by atoms with Crippen LogP contribution in [0.4, 0.5) is 17.1 Å². The molecule has 0 aliphatic heterocycles. The highest BCUT2D eigenvalue weighted by molar-refractivity contribution is 9.09. The maximum atomic E-state index is 6.64. The van der Waals surface area contributed by atoms with Gasteiger partial charge in [-0.25, -0.2) is 13.7 Å². The quantitative estimate of drug-likeness (QED) is 0.0462. The summed E-state index contributed by atoms with van der Waals surface area (Å²) in [6.45, 7) is 0.689. The number of aromatic nitrogens is 3. The lowest BCUT2D eigenvalue weighted by Gasteiger charge is -2.26. The van der Waals surface area contributed by atoms with Crippen molar-refractivity contribution < 1.29 is 18.4 Å². The molecule has 6 heteroatoms. The van der Waals surface area contributed by atoms with Crippen LogP contribution in [0.1, 0.15) is 78.3 Å². The maximum Gasteiger partial charge on any atom is 0.169 e. The molecule has 3 aromatic heterocycles. The first-order valence-corrected chi connectivity index (χ1v) is 21.3. The summed E-state index contributed by atoms with van der Waals surface area (Å²) in [6.07, 6.45) is 34.0. The molecule has 6 aromatic rings. The molecule has 3 heterocycles. The molecule has 0 spiro atoms. The van der Waals surface area contributed by atoms with E-state index >= 15 is 0 Å². The average Bonchev–Trinajstić information content (AvgIpc) is 3.24. The molecule has 3 aromatic carbocycles. The van der Waals surface area contributed by atoms with Crippen LogP contribution in [-0.4, -0.2) is 11.9 Å². The second-order valence-corrected chi connectivity index (χ2v) is 15.4. The molecular weight excluding hydrogens is 764 g/mol. The molecule has 0 radical (unpaired) electrons. The zero-order chi connectivity index (χ0) is 39.7. The molecule has 0 saturated carbocycles. The monoisotopic (exact) mass is 819 g/mol. The van der Waals surface area contributed by atoms with E-state index in [9.17, 15) is 0 Å². The minimum Gasteiger partial charge on any atom is -0.493 e. The van der Waals surface area contributed by atoms with Gasteiger partial charge < -0.3 is 9.64 Å². The minimum absolute atomic E-state index is 0.689. The molecule has 6 rings (SSSR count). The highest BCUT2D eigenvalue weighted by Crippen LogP contribution is 2.38. The summed E-state index contributed by atoms with van der Waals surface area (Å²) in [7, 11) is 6.11. The Balaban J connectivity index is 1.29. The minimum atomic E-state index is 0.689. The standard InChI is InChI=1S/C51H56BrN4O/c1-53-34-27-44(28-35-53)13-11-42-16-22-48(23-17-42)56(49-24-18-43(19-25-49)12-14-45-29-36-54(2)37-30-45)50-26-21-47(20-15-46-31-38-55(3)39-32-46)51(41-50)57-40-10-8-6-4-5-7-9-33-52/h11-32,34-39,41H,4-10,33,40H2,1-3H3/q+3. The number of hydrogen-bond donors (Lipinski definition) is 0. The fraction of sp³-hybridized carbons (Fsp3) is 0.235. The van der Waals surface area contributed by atoms with Crippen LogP contribution in [0.5, 0.6) is 5.75 Å². The number of anilines is 3. The molecule has 0 amide bonds. The van der Waals surface area contributed by atoms with E-state index in [1.54, 1.807) is 0 Å². The van der Waals surface area contributed by atoms with Crippen LogP contribution < -0.4 is 23.3 Å². The Kier molecular flexibility index (Phi) is 15.6. The predicted octanol–water partition coefficient (Wildman–Crippen LogP) is 11.6. The zero-order valence-corrected chi connectivity index (χ0v) is 35.3. The molecule has 0 saturated heterocycles. The summed E-state index contributed by atoms with van der Waals surface area (Å²) < 4.78 is 12.8. The number of aryl methyl sites for hydroxylation is 3. The number of halogens is 1. The van der Waals surface area contributed by atoms with Gasteiger partial charge in [0, 0.05) is 70.4 Å². The summed E-state index contributed by atoms with van der Waals surface area (Å²) in [5.74, 6) is 0.888. The molecule has 0 atom stereocenters. The molecule has 0 unspecified atom stereocenters. The first kappa shape index (κ1) is 41.1. The third-order valence-electron chi connectivity index (χ3n) is 10.00. The van der Waals surface area contributed by atoms with E-state index in [-0.39, 0.29) is 0 Å². The lowest BCUT2D eigenvalue weighted by atomic mass is 10.1. The predicted molar refractivity (Wildman–Crippen MR) is 242 cm³/mol. The van der Waals surface area contributed by atoms with Crippen molar-refractivity contribution in [3.05, 3.63) is 174 Å². The Bertz CT molecular complexity index is 2110. The fourth-order valence-electron chi connectivity index (χ4n) is 6.55. The average molecular weight is 821 g/mol. The Hall–Kier alpha value is -5.59. The van der Waals surface area contributed by atoms with E-state index in [0.717, 1.165) is 56.8 Å². The third kappa shape index (κ3) is 13.0. The number of alkyl halides is 1. The van der Waals surface area contributed by atoms with Gasteiger partial charge in [0.1, 0.15) is 26.9 Å². The fourth-order valence-corrected chi connectivity index (χ4v) is 6.94. The van der Waals surface area contributed by atoms with Gasteiger partial charge in [0.15, 0.2) is 37.2 Å². The number of benzene rings is 3. The first-order valence-electron chi connectivity index (χ1n) is 20.2. The van der Waals surface area contributed by atoms with Crippen molar-refractivity contribution in [3.63, 3.8) is 0 Å². The normalized spacial score (nSPS) is 11.6. The molecule has 5 nitrogen and oxygen atoms in total. The molecular formula is C51H56BrN4O+3. The van der Waals surface area contributed by atoms with Gasteiger partial charge in [-0.2, -0.15) is 0 Å². The Morgan fingerprint density at radius 1 is 0.439 bits per heavy atom. The maximum absolute atomic E-state index is 6.64. The van der Waals surface area contributed by atoms with Gasteiger partial charge in [0.25, 0.3) is 0 Å². The molecule has 290 valence electrons. The molecule has 0 N–H and O–H groups in total. The summed E-state index contributed by atoms with van der Waals surface area (Å²) >= 11 is 3.55. The van der Waals surface area contributed by atoms with Crippen molar-refractivity contribution in [2.24, 2.45) is 21.1 Å². The van der Waals surface area contributed by atoms with Crippen molar-refractivity contribution >= 4 is 69.4 Å². The first-order chi connectivity index (χ1) is 27.9. The molecule has 0 aliphatic carbocycles. The number of pyridine rings is 3. The SMILES string of the molecule is C[n+]1ccc(/C=C/c2ccc(N(c3ccc(/C=C/c4cc[n+](C)cc4)cc3)c3ccc(/C=C/c4cc[n+](C)cc4)c(OCCCCCCCCCBr)c3)cc2)cc1. The molecule has 57 heavy (non-hydrogen) atoms. The van der Waals surface area contributed by atoms with Crippen LogP contribution in [0, 0.1) is 0 Å². The third-order valence-corrected chi connectivity index (χ3v) is 10.6. The van der Waals surface area contributed by atoms with E-state index in [4.69, 9.17) is 4.74 Å². The van der Waals surface area contributed by atoms with E-state index < -0.39 is 0 Å². The van der Waals surface area contributed by atoms with Crippen LogP contribution in [0.25, 0.3) is 36.5 Å². The van der Waals surface area contributed by atoms with Gasteiger partial charge >= 0.3 is 0 Å². The topological polar surface area (TPSA) is 24.1 Å². The summed E-state index contributed by atoms with van der Waals surface area (Å²) in [5, 5.41) is 1.10. The highest BCUT2D eigenvalue weighted by Gasteiger charge is 2.15. The second-order valence-electron chi connectivity index (χ2n) is 14.6.